The molecule has 7 heteroatoms. The van der Waals surface area contributed by atoms with Gasteiger partial charge in [0.1, 0.15) is 5.82 Å². The number of nitrogens with zero attached hydrogens (tertiary/aromatic N) is 2. The van der Waals surface area contributed by atoms with E-state index in [2.05, 4.69) is 21.3 Å². The molecule has 1 N–H and O–H groups in total. The van der Waals surface area contributed by atoms with Gasteiger partial charge in [-0.1, -0.05) is 6.08 Å². The largest absolute Gasteiger partial charge is 0.267 e. The Labute approximate surface area is 86.9 Å². The van der Waals surface area contributed by atoms with Gasteiger partial charge in [-0.3, -0.25) is 4.72 Å². The highest BCUT2D eigenvalue weighted by Gasteiger charge is 2.08. The van der Waals surface area contributed by atoms with Crippen molar-refractivity contribution in [3.05, 3.63) is 30.2 Å². The maximum Gasteiger partial charge on any atom is 0.237 e. The lowest BCUT2D eigenvalue weighted by molar-refractivity contribution is 0.604. The van der Waals surface area contributed by atoms with Crippen molar-refractivity contribution < 1.29 is 8.42 Å². The van der Waals surface area contributed by atoms with Crippen molar-refractivity contribution in [2.75, 3.05) is 10.5 Å². The summed E-state index contributed by atoms with van der Waals surface area (Å²) in [5.41, 5.74) is 0. The van der Waals surface area contributed by atoms with Crippen LogP contribution in [0.15, 0.2) is 24.9 Å². The fraction of sp³-hybridized carbons (Fsp3) is 0.143. The highest BCUT2D eigenvalue weighted by Crippen LogP contribution is 2.07. The van der Waals surface area contributed by atoms with Crippen molar-refractivity contribution >= 4 is 27.4 Å². The number of hydrogen-bond acceptors (Lipinski definition) is 4. The van der Waals surface area contributed by atoms with Crippen LogP contribution in [0.3, 0.4) is 0 Å². The van der Waals surface area contributed by atoms with Crippen molar-refractivity contribution in [2.24, 2.45) is 0 Å². The van der Waals surface area contributed by atoms with Gasteiger partial charge in [0.25, 0.3) is 0 Å². The molecule has 0 bridgehead atoms. The van der Waals surface area contributed by atoms with Crippen LogP contribution in [-0.4, -0.2) is 24.1 Å². The van der Waals surface area contributed by atoms with Gasteiger partial charge >= 0.3 is 0 Å². The van der Waals surface area contributed by atoms with Gasteiger partial charge in [-0.25, -0.2) is 13.4 Å². The molecule has 0 aromatic carbocycles. The van der Waals surface area contributed by atoms with Gasteiger partial charge in [0.15, 0.2) is 0 Å². The molecule has 0 saturated heterocycles. The number of sulfonamides is 1. The number of hydrogen-bond donors (Lipinski definition) is 1. The first-order valence-electron chi connectivity index (χ1n) is 3.63. The third-order valence-corrected chi connectivity index (χ3v) is 2.60. The van der Waals surface area contributed by atoms with Crippen molar-refractivity contribution in [2.45, 2.75) is 0 Å². The molecule has 1 heterocycles. The standard InChI is InChI=1S/C7H8ClN3O2S/c1-2-5-14(12,13)11-6-3-4-9-7(8)10-6/h2-4H,1,5H2,(H,9,10,11). The topological polar surface area (TPSA) is 72.0 Å². The van der Waals surface area contributed by atoms with Crippen molar-refractivity contribution in [1.82, 2.24) is 9.97 Å². The molecule has 0 atom stereocenters. The van der Waals surface area contributed by atoms with Crippen molar-refractivity contribution in [3.63, 3.8) is 0 Å². The summed E-state index contributed by atoms with van der Waals surface area (Å²) in [6, 6.07) is 1.41. The van der Waals surface area contributed by atoms with Crippen LogP contribution in [0.1, 0.15) is 0 Å². The van der Waals surface area contributed by atoms with Crippen LogP contribution >= 0.6 is 11.6 Å². The van der Waals surface area contributed by atoms with E-state index in [0.29, 0.717) is 0 Å². The summed E-state index contributed by atoms with van der Waals surface area (Å²) >= 11 is 5.47. The normalized spacial score (nSPS) is 10.9. The van der Waals surface area contributed by atoms with E-state index < -0.39 is 10.0 Å². The first-order chi connectivity index (χ1) is 6.53. The molecule has 0 aliphatic carbocycles. The summed E-state index contributed by atoms with van der Waals surface area (Å²) in [6.45, 7) is 3.33. The number of anilines is 1. The average molecular weight is 234 g/mol. The predicted octanol–water partition coefficient (Wildman–Crippen LogP) is 1.06. The Morgan fingerprint density at radius 1 is 1.64 bits per heavy atom. The Kier molecular flexibility index (Phi) is 3.43. The molecule has 14 heavy (non-hydrogen) atoms. The second-order valence-corrected chi connectivity index (χ2v) is 4.49. The number of halogens is 1. The quantitative estimate of drug-likeness (QED) is 0.624. The van der Waals surface area contributed by atoms with Crippen LogP contribution in [0.4, 0.5) is 5.82 Å². The summed E-state index contributed by atoms with van der Waals surface area (Å²) < 4.78 is 24.7. The third-order valence-electron chi connectivity index (χ3n) is 1.22. The lowest BCUT2D eigenvalue weighted by atomic mass is 10.6. The van der Waals surface area contributed by atoms with Crippen LogP contribution < -0.4 is 4.72 Å². The molecule has 1 aromatic heterocycles. The van der Waals surface area contributed by atoms with Crippen LogP contribution in [0.2, 0.25) is 5.28 Å². The summed E-state index contributed by atoms with van der Waals surface area (Å²) in [7, 11) is -3.42. The zero-order valence-electron chi connectivity index (χ0n) is 7.14. The van der Waals surface area contributed by atoms with E-state index in [1.807, 2.05) is 0 Å². The maximum absolute atomic E-state index is 11.2. The Morgan fingerprint density at radius 3 is 2.93 bits per heavy atom. The van der Waals surface area contributed by atoms with Gasteiger partial charge in [-0.15, -0.1) is 6.58 Å². The van der Waals surface area contributed by atoms with E-state index in [9.17, 15) is 8.42 Å². The van der Waals surface area contributed by atoms with Crippen molar-refractivity contribution in [1.29, 1.82) is 0 Å². The van der Waals surface area contributed by atoms with Gasteiger partial charge in [0.2, 0.25) is 15.3 Å². The summed E-state index contributed by atoms with van der Waals surface area (Å²) in [6.07, 6.45) is 2.65. The number of aromatic nitrogens is 2. The molecule has 5 nitrogen and oxygen atoms in total. The SMILES string of the molecule is C=CCS(=O)(=O)Nc1ccnc(Cl)n1. The van der Waals surface area contributed by atoms with Gasteiger partial charge in [-0.05, 0) is 17.7 Å². The zero-order valence-corrected chi connectivity index (χ0v) is 8.72. The highest BCUT2D eigenvalue weighted by molar-refractivity contribution is 7.92. The lowest BCUT2D eigenvalue weighted by Gasteiger charge is -2.03. The van der Waals surface area contributed by atoms with Gasteiger partial charge in [-0.2, -0.15) is 4.98 Å². The van der Waals surface area contributed by atoms with Crippen LogP contribution in [0, 0.1) is 0 Å². The van der Waals surface area contributed by atoms with Gasteiger partial charge in [0.05, 0.1) is 5.75 Å². The smallest absolute Gasteiger partial charge is 0.237 e. The number of rotatable bonds is 4. The van der Waals surface area contributed by atoms with Gasteiger partial charge < -0.3 is 0 Å². The number of nitrogens with one attached hydrogen (secondary N) is 1. The zero-order chi connectivity index (χ0) is 10.6. The van der Waals surface area contributed by atoms with E-state index in [-0.39, 0.29) is 16.9 Å². The minimum Gasteiger partial charge on any atom is -0.267 e. The van der Waals surface area contributed by atoms with E-state index in [1.54, 1.807) is 0 Å². The summed E-state index contributed by atoms with van der Waals surface area (Å²) in [4.78, 5) is 7.29. The molecule has 0 saturated carbocycles. The minimum absolute atomic E-state index is 0.0104. The lowest BCUT2D eigenvalue weighted by Crippen LogP contribution is -2.16. The summed E-state index contributed by atoms with van der Waals surface area (Å²) in [5, 5.41) is -0.0104. The molecule has 0 aliphatic rings. The monoisotopic (exact) mass is 233 g/mol. The molecule has 0 fully saturated rings. The van der Waals surface area contributed by atoms with Crippen LogP contribution in [0.25, 0.3) is 0 Å². The first-order valence-corrected chi connectivity index (χ1v) is 5.66. The van der Waals surface area contributed by atoms with E-state index in [1.165, 1.54) is 18.3 Å². The van der Waals surface area contributed by atoms with Crippen LogP contribution in [-0.2, 0) is 10.0 Å². The fourth-order valence-electron chi connectivity index (χ4n) is 0.748. The second kappa shape index (κ2) is 4.39. The molecule has 0 spiro atoms. The molecule has 76 valence electrons. The Bertz CT molecular complexity index is 432. The molecular weight excluding hydrogens is 226 g/mol. The Balaban J connectivity index is 2.84. The van der Waals surface area contributed by atoms with Gasteiger partial charge in [0, 0.05) is 6.20 Å². The first kappa shape index (κ1) is 10.9. The molecule has 0 unspecified atom stereocenters. The molecule has 0 radical (unpaired) electrons. The fourth-order valence-corrected chi connectivity index (χ4v) is 1.72. The summed E-state index contributed by atoms with van der Waals surface area (Å²) in [5.74, 6) is -0.0268. The molecule has 0 aliphatic heterocycles. The third kappa shape index (κ3) is 3.31. The van der Waals surface area contributed by atoms with E-state index in [0.717, 1.165) is 0 Å². The molecule has 1 rings (SSSR count). The second-order valence-electron chi connectivity index (χ2n) is 2.38. The molecule has 1 aromatic rings. The minimum atomic E-state index is -3.42. The maximum atomic E-state index is 11.2. The Morgan fingerprint density at radius 2 is 2.36 bits per heavy atom. The highest BCUT2D eigenvalue weighted by atomic mass is 35.5. The van der Waals surface area contributed by atoms with Crippen molar-refractivity contribution in [3.8, 4) is 0 Å². The van der Waals surface area contributed by atoms with Crippen LogP contribution in [0.5, 0.6) is 0 Å². The molecular formula is C7H8ClN3O2S. The molecule has 0 amide bonds. The Hall–Kier alpha value is -1.14. The van der Waals surface area contributed by atoms with E-state index >= 15 is 0 Å². The van der Waals surface area contributed by atoms with E-state index in [4.69, 9.17) is 11.6 Å². The average Bonchev–Trinajstić information content (AvgIpc) is 2.02. The predicted molar refractivity (Wildman–Crippen MR) is 54.6 cm³/mol.